The van der Waals surface area contributed by atoms with E-state index in [1.165, 1.54) is 44.5 Å². The van der Waals surface area contributed by atoms with E-state index in [0.29, 0.717) is 0 Å². The van der Waals surface area contributed by atoms with Gasteiger partial charge in [-0.1, -0.05) is 133 Å². The Balaban J connectivity index is 0.000000789. The summed E-state index contributed by atoms with van der Waals surface area (Å²) >= 11 is 0. The summed E-state index contributed by atoms with van der Waals surface area (Å²) in [5.74, 6) is 3.78. The standard InChI is InChI=1S/C45H35O2.ClHO4/c1-6-16-32(17-7-1)40-30-42(34-20-10-3-11-21-34)46-44-36(26-28-38(40)44)24-14-5-15-25-37-27-29-39-41(33-18-8-2-9-19-33)31-43(47-45(37)39)35-22-12-4-13-23-35;2-1(3,4)5/h1-25,30-31H,26-29H2;(H,2,3,4,5)/q+1;/p-1. The SMILES string of the molecule is C1=C(c2ccccc2)OC2=C(/C=C/C=C/C=C3\CCc4c(-c5ccccc5)cc(-c5ccccc5)[o+]c43)CCC2=C1c1ccccc1.[O-][Cl+3]([O-])([O-])[O-]. The van der Waals surface area contributed by atoms with Crippen LogP contribution in [-0.2, 0) is 11.2 Å². The van der Waals surface area contributed by atoms with Crippen LogP contribution in [0.15, 0.2) is 185 Å². The van der Waals surface area contributed by atoms with Crippen molar-refractivity contribution in [2.75, 3.05) is 0 Å². The Bertz CT molecular complexity index is 2220. The normalized spacial score (nSPS) is 16.2. The monoisotopic (exact) mass is 706 g/mol. The quantitative estimate of drug-likeness (QED) is 0.131. The lowest BCUT2D eigenvalue weighted by Crippen LogP contribution is -2.68. The van der Waals surface area contributed by atoms with Crippen molar-refractivity contribution in [1.29, 1.82) is 0 Å². The topological polar surface area (TPSA) is 113 Å². The third kappa shape index (κ3) is 8.30. The number of hydrogen-bond acceptors (Lipinski definition) is 5. The van der Waals surface area contributed by atoms with Crippen molar-refractivity contribution < 1.29 is 38.0 Å². The first-order chi connectivity index (χ1) is 25.3. The largest absolute Gasteiger partial charge is 0.456 e. The third-order valence-corrected chi connectivity index (χ3v) is 9.15. The molecule has 0 saturated heterocycles. The molecule has 1 aliphatic heterocycles. The van der Waals surface area contributed by atoms with E-state index in [0.717, 1.165) is 59.8 Å². The lowest BCUT2D eigenvalue weighted by Gasteiger charge is -2.22. The van der Waals surface area contributed by atoms with Crippen LogP contribution in [0.5, 0.6) is 0 Å². The van der Waals surface area contributed by atoms with Crippen LogP contribution >= 0.6 is 0 Å². The highest BCUT2D eigenvalue weighted by molar-refractivity contribution is 5.89. The minimum absolute atomic E-state index is 0.893. The zero-order valence-corrected chi connectivity index (χ0v) is 29.0. The molecule has 1 aromatic heterocycles. The molecule has 4 aromatic carbocycles. The second-order valence-electron chi connectivity index (χ2n) is 12.5. The van der Waals surface area contributed by atoms with Crippen LogP contribution in [0.2, 0.25) is 0 Å². The van der Waals surface area contributed by atoms with Crippen LogP contribution in [0.3, 0.4) is 0 Å². The molecule has 3 aliphatic rings. The predicted molar refractivity (Wildman–Crippen MR) is 194 cm³/mol. The first kappa shape index (κ1) is 34.8. The molecule has 5 aromatic rings. The van der Waals surface area contributed by atoms with E-state index >= 15 is 0 Å². The number of fused-ring (bicyclic) bond motifs is 2. The van der Waals surface area contributed by atoms with Gasteiger partial charge in [0.25, 0.3) is 0 Å². The lowest BCUT2D eigenvalue weighted by atomic mass is 9.95. The van der Waals surface area contributed by atoms with E-state index in [1.54, 1.807) is 0 Å². The number of benzene rings is 4. The highest BCUT2D eigenvalue weighted by atomic mass is 35.7. The second-order valence-corrected chi connectivity index (χ2v) is 13.2. The lowest BCUT2D eigenvalue weighted by molar-refractivity contribution is -2.00. The number of hydrogen-bond donors (Lipinski definition) is 0. The molecule has 7 heteroatoms. The zero-order valence-electron chi connectivity index (χ0n) is 28.2. The Morgan fingerprint density at radius 3 is 1.81 bits per heavy atom. The maximum absolute atomic E-state index is 8.49. The second kappa shape index (κ2) is 15.7. The van der Waals surface area contributed by atoms with Gasteiger partial charge in [-0.2, -0.15) is 0 Å². The van der Waals surface area contributed by atoms with Gasteiger partial charge >= 0.3 is 11.5 Å². The van der Waals surface area contributed by atoms with Crippen molar-refractivity contribution in [1.82, 2.24) is 0 Å². The van der Waals surface area contributed by atoms with E-state index < -0.39 is 10.2 Å². The molecular formula is C45H35ClO6. The van der Waals surface area contributed by atoms with Gasteiger partial charge in [0, 0.05) is 16.7 Å². The summed E-state index contributed by atoms with van der Waals surface area (Å²) in [4.78, 5) is 0. The third-order valence-electron chi connectivity index (χ3n) is 9.15. The maximum Gasteiger partial charge on any atom is 0.361 e. The van der Waals surface area contributed by atoms with Gasteiger partial charge in [0.05, 0.1) is 22.8 Å². The fraction of sp³-hybridized carbons (Fsp3) is 0.0889. The Kier molecular flexibility index (Phi) is 10.5. The zero-order chi connectivity index (χ0) is 35.9. The molecule has 0 radical (unpaired) electrons. The summed E-state index contributed by atoms with van der Waals surface area (Å²) in [6.45, 7) is 0. The average molecular weight is 707 g/mol. The molecule has 2 heterocycles. The van der Waals surface area contributed by atoms with Gasteiger partial charge in [-0.3, -0.25) is 0 Å². The van der Waals surface area contributed by atoms with Crippen LogP contribution in [-0.4, -0.2) is 0 Å². The molecule has 0 atom stereocenters. The molecule has 0 amide bonds. The Hall–Kier alpha value is -5.60. The first-order valence-corrected chi connectivity index (χ1v) is 18.3. The predicted octanol–water partition coefficient (Wildman–Crippen LogP) is 7.15. The van der Waals surface area contributed by atoms with Crippen molar-refractivity contribution in [2.24, 2.45) is 0 Å². The number of halogens is 1. The summed E-state index contributed by atoms with van der Waals surface area (Å²) in [5, 5.41) is 0. The van der Waals surface area contributed by atoms with Gasteiger partial charge in [0.1, 0.15) is 11.5 Å². The molecule has 2 aliphatic carbocycles. The highest BCUT2D eigenvalue weighted by Crippen LogP contribution is 2.45. The highest BCUT2D eigenvalue weighted by Gasteiger charge is 2.33. The van der Waals surface area contributed by atoms with E-state index in [9.17, 15) is 0 Å². The van der Waals surface area contributed by atoms with Gasteiger partial charge in [-0.05, 0) is 72.2 Å². The molecule has 258 valence electrons. The van der Waals surface area contributed by atoms with Crippen LogP contribution in [0, 0.1) is 10.2 Å². The Labute approximate surface area is 305 Å². The van der Waals surface area contributed by atoms with E-state index in [2.05, 4.69) is 152 Å². The van der Waals surface area contributed by atoms with E-state index in [-0.39, 0.29) is 0 Å². The molecule has 6 nitrogen and oxygen atoms in total. The van der Waals surface area contributed by atoms with E-state index in [4.69, 9.17) is 27.8 Å². The minimum Gasteiger partial charge on any atom is -0.456 e. The summed E-state index contributed by atoms with van der Waals surface area (Å²) in [5.41, 5.74) is 12.2. The van der Waals surface area contributed by atoms with Crippen molar-refractivity contribution in [2.45, 2.75) is 25.7 Å². The van der Waals surface area contributed by atoms with Crippen molar-refractivity contribution in [3.8, 4) is 22.5 Å². The van der Waals surface area contributed by atoms with Gasteiger partial charge < -0.3 is 4.74 Å². The number of ether oxygens (including phenoxy) is 1. The summed E-state index contributed by atoms with van der Waals surface area (Å²) in [6, 6.07) is 44.3. The summed E-state index contributed by atoms with van der Waals surface area (Å²) in [7, 11) is -4.94. The Morgan fingerprint density at radius 1 is 0.596 bits per heavy atom. The smallest absolute Gasteiger partial charge is 0.361 e. The summed E-state index contributed by atoms with van der Waals surface area (Å²) < 4.78 is 47.2. The van der Waals surface area contributed by atoms with E-state index in [1.807, 2.05) is 12.1 Å². The molecule has 0 bridgehead atoms. The van der Waals surface area contributed by atoms with Gasteiger partial charge in [0.15, 0.2) is 0 Å². The van der Waals surface area contributed by atoms with Crippen molar-refractivity contribution in [3.05, 3.63) is 203 Å². The van der Waals surface area contributed by atoms with Crippen molar-refractivity contribution in [3.63, 3.8) is 0 Å². The average Bonchev–Trinajstić information content (AvgIpc) is 3.78. The number of allylic oxidation sites excluding steroid dienone is 10. The van der Waals surface area contributed by atoms with Crippen molar-refractivity contribution >= 4 is 16.9 Å². The maximum atomic E-state index is 8.49. The van der Waals surface area contributed by atoms with Crippen LogP contribution in [0.4, 0.5) is 0 Å². The van der Waals surface area contributed by atoms with Crippen LogP contribution in [0.25, 0.3) is 39.4 Å². The van der Waals surface area contributed by atoms with Gasteiger partial charge in [-0.25, -0.2) is 23.1 Å². The Morgan fingerprint density at radius 2 is 1.17 bits per heavy atom. The first-order valence-electron chi connectivity index (χ1n) is 17.1. The van der Waals surface area contributed by atoms with Gasteiger partial charge in [0.2, 0.25) is 0 Å². The molecular weight excluding hydrogens is 672 g/mol. The molecule has 0 spiro atoms. The number of rotatable bonds is 7. The van der Waals surface area contributed by atoms with Crippen LogP contribution < -0.4 is 18.6 Å². The molecule has 0 fully saturated rings. The molecule has 0 N–H and O–H groups in total. The molecule has 8 rings (SSSR count). The summed E-state index contributed by atoms with van der Waals surface area (Å²) in [6.07, 6.45) is 16.9. The molecule has 0 unspecified atom stereocenters. The molecule has 0 saturated carbocycles. The minimum atomic E-state index is -4.94. The fourth-order valence-electron chi connectivity index (χ4n) is 6.81. The van der Waals surface area contributed by atoms with Crippen LogP contribution in [0.1, 0.15) is 41.7 Å². The fourth-order valence-corrected chi connectivity index (χ4v) is 6.81. The molecule has 52 heavy (non-hydrogen) atoms. The van der Waals surface area contributed by atoms with Gasteiger partial charge in [-0.15, -0.1) is 10.2 Å².